The van der Waals surface area contributed by atoms with Crippen molar-refractivity contribution in [3.05, 3.63) is 0 Å². The molecule has 0 aromatic rings. The maximum atomic E-state index is 10.8. The Balaban J connectivity index is 0.00000441. The van der Waals surface area contributed by atoms with Crippen LogP contribution in [0.4, 0.5) is 0 Å². The van der Waals surface area contributed by atoms with Crippen molar-refractivity contribution in [2.45, 2.75) is 46.7 Å². The molecule has 7 heteroatoms. The molecule has 130 valence electrons. The Labute approximate surface area is 151 Å². The van der Waals surface area contributed by atoms with Crippen LogP contribution in [0.3, 0.4) is 0 Å². The first kappa shape index (κ1) is 21.4. The zero-order valence-electron chi connectivity index (χ0n) is 14.5. The summed E-state index contributed by atoms with van der Waals surface area (Å²) >= 11 is 0. The van der Waals surface area contributed by atoms with Crippen molar-refractivity contribution in [2.75, 3.05) is 32.7 Å². The van der Waals surface area contributed by atoms with E-state index in [0.29, 0.717) is 31.1 Å². The molecule has 3 N–H and O–H groups in total. The quantitative estimate of drug-likeness (QED) is 0.257. The minimum absolute atomic E-state index is 0. The monoisotopic (exact) mass is 425 g/mol. The minimum atomic E-state index is -0.0137. The Kier molecular flexibility index (Phi) is 10.8. The van der Waals surface area contributed by atoms with Crippen LogP contribution < -0.4 is 16.0 Å². The van der Waals surface area contributed by atoms with E-state index in [2.05, 4.69) is 53.5 Å². The van der Waals surface area contributed by atoms with Gasteiger partial charge in [-0.1, -0.05) is 6.92 Å². The second-order valence-electron chi connectivity index (χ2n) is 6.02. The maximum absolute atomic E-state index is 10.8. The third-order valence-electron chi connectivity index (χ3n) is 3.79. The van der Waals surface area contributed by atoms with Crippen LogP contribution in [0.1, 0.15) is 34.6 Å². The van der Waals surface area contributed by atoms with Crippen LogP contribution in [0.5, 0.6) is 0 Å². The van der Waals surface area contributed by atoms with Crippen LogP contribution in [0, 0.1) is 5.92 Å². The van der Waals surface area contributed by atoms with Crippen molar-refractivity contribution in [3.63, 3.8) is 0 Å². The summed E-state index contributed by atoms with van der Waals surface area (Å²) in [6.07, 6.45) is 0. The predicted octanol–water partition coefficient (Wildman–Crippen LogP) is 1.02. The van der Waals surface area contributed by atoms with E-state index >= 15 is 0 Å². The summed E-state index contributed by atoms with van der Waals surface area (Å²) in [4.78, 5) is 17.8. The van der Waals surface area contributed by atoms with Gasteiger partial charge in [0.2, 0.25) is 5.91 Å². The van der Waals surface area contributed by atoms with Gasteiger partial charge in [0.1, 0.15) is 0 Å². The van der Waals surface area contributed by atoms with Gasteiger partial charge in [-0.15, -0.1) is 24.0 Å². The SMILES string of the molecule is CCNC(=NCCNC(C)=O)NC1CN(C(C)C)CC1C.I. The molecular formula is C15H32IN5O. The first-order valence-corrected chi connectivity index (χ1v) is 7.97. The molecule has 1 aliphatic rings. The molecule has 0 spiro atoms. The lowest BCUT2D eigenvalue weighted by atomic mass is 10.1. The molecule has 1 fully saturated rings. The first-order valence-electron chi connectivity index (χ1n) is 7.97. The molecule has 1 heterocycles. The van der Waals surface area contributed by atoms with Gasteiger partial charge in [0.15, 0.2) is 5.96 Å². The average Bonchev–Trinajstić information content (AvgIpc) is 2.76. The third kappa shape index (κ3) is 7.62. The van der Waals surface area contributed by atoms with E-state index in [0.717, 1.165) is 25.6 Å². The molecule has 0 aromatic carbocycles. The summed E-state index contributed by atoms with van der Waals surface area (Å²) in [5.74, 6) is 1.43. The fourth-order valence-electron chi connectivity index (χ4n) is 2.51. The lowest BCUT2D eigenvalue weighted by Gasteiger charge is -2.21. The van der Waals surface area contributed by atoms with Gasteiger partial charge < -0.3 is 16.0 Å². The number of nitrogens with zero attached hydrogens (tertiary/aromatic N) is 2. The van der Waals surface area contributed by atoms with Crippen molar-refractivity contribution in [2.24, 2.45) is 10.9 Å². The van der Waals surface area contributed by atoms with Crippen LogP contribution in [-0.2, 0) is 4.79 Å². The average molecular weight is 425 g/mol. The second-order valence-corrected chi connectivity index (χ2v) is 6.02. The number of likely N-dealkylation sites (tertiary alicyclic amines) is 1. The van der Waals surface area contributed by atoms with Gasteiger partial charge in [-0.05, 0) is 26.7 Å². The standard InChI is InChI=1S/C15H31N5O.HI/c1-6-16-15(18-8-7-17-13(5)21)19-14-10-20(11(2)3)9-12(14)4;/h11-12,14H,6-10H2,1-5H3,(H,17,21)(H2,16,18,19);1H. The molecule has 0 aliphatic carbocycles. The number of halogens is 1. The smallest absolute Gasteiger partial charge is 0.216 e. The summed E-state index contributed by atoms with van der Waals surface area (Å²) in [6.45, 7) is 14.5. The largest absolute Gasteiger partial charge is 0.357 e. The van der Waals surface area contributed by atoms with Crippen LogP contribution in [0.2, 0.25) is 0 Å². The van der Waals surface area contributed by atoms with Crippen molar-refractivity contribution in [1.82, 2.24) is 20.9 Å². The van der Waals surface area contributed by atoms with Crippen molar-refractivity contribution in [3.8, 4) is 0 Å². The molecule has 2 atom stereocenters. The van der Waals surface area contributed by atoms with E-state index in [9.17, 15) is 4.79 Å². The van der Waals surface area contributed by atoms with Gasteiger partial charge in [0.25, 0.3) is 0 Å². The topological polar surface area (TPSA) is 68.8 Å². The fraction of sp³-hybridized carbons (Fsp3) is 0.867. The molecule has 22 heavy (non-hydrogen) atoms. The van der Waals surface area contributed by atoms with E-state index in [-0.39, 0.29) is 29.9 Å². The van der Waals surface area contributed by atoms with Crippen LogP contribution in [-0.4, -0.2) is 61.6 Å². The summed E-state index contributed by atoms with van der Waals surface area (Å²) in [5, 5.41) is 9.55. The first-order chi connectivity index (χ1) is 9.93. The van der Waals surface area contributed by atoms with E-state index in [4.69, 9.17) is 0 Å². The number of guanidine groups is 1. The van der Waals surface area contributed by atoms with E-state index in [1.807, 2.05) is 0 Å². The number of carbonyl (C=O) groups is 1. The number of amides is 1. The molecule has 2 unspecified atom stereocenters. The number of nitrogens with one attached hydrogen (secondary N) is 3. The normalized spacial score (nSPS) is 22.4. The Morgan fingerprint density at radius 1 is 1.32 bits per heavy atom. The highest BCUT2D eigenvalue weighted by atomic mass is 127. The van der Waals surface area contributed by atoms with E-state index in [1.165, 1.54) is 6.92 Å². The highest BCUT2D eigenvalue weighted by molar-refractivity contribution is 14.0. The summed E-state index contributed by atoms with van der Waals surface area (Å²) in [6, 6.07) is 1.00. The van der Waals surface area contributed by atoms with E-state index < -0.39 is 0 Å². The molecule has 6 nitrogen and oxygen atoms in total. The van der Waals surface area contributed by atoms with Crippen LogP contribution in [0.25, 0.3) is 0 Å². The van der Waals surface area contributed by atoms with Crippen molar-refractivity contribution in [1.29, 1.82) is 0 Å². The van der Waals surface area contributed by atoms with Gasteiger partial charge in [-0.3, -0.25) is 14.7 Å². The molecule has 0 radical (unpaired) electrons. The fourth-order valence-corrected chi connectivity index (χ4v) is 2.51. The number of carbonyl (C=O) groups excluding carboxylic acids is 1. The summed E-state index contributed by atoms with van der Waals surface area (Å²) in [5.41, 5.74) is 0. The Bertz CT molecular complexity index is 362. The highest BCUT2D eigenvalue weighted by Crippen LogP contribution is 2.18. The number of hydrogen-bond donors (Lipinski definition) is 3. The molecule has 1 aliphatic heterocycles. The Hall–Kier alpha value is -0.570. The minimum Gasteiger partial charge on any atom is -0.357 e. The lowest BCUT2D eigenvalue weighted by Crippen LogP contribution is -2.47. The van der Waals surface area contributed by atoms with Crippen LogP contribution >= 0.6 is 24.0 Å². The van der Waals surface area contributed by atoms with Gasteiger partial charge in [0.05, 0.1) is 6.54 Å². The maximum Gasteiger partial charge on any atom is 0.216 e. The second kappa shape index (κ2) is 11.0. The lowest BCUT2D eigenvalue weighted by molar-refractivity contribution is -0.118. The molecule has 0 bridgehead atoms. The molecule has 1 saturated heterocycles. The molecule has 1 rings (SSSR count). The van der Waals surface area contributed by atoms with Gasteiger partial charge >= 0.3 is 0 Å². The van der Waals surface area contributed by atoms with Gasteiger partial charge in [-0.2, -0.15) is 0 Å². The number of aliphatic imine (C=N–C) groups is 1. The summed E-state index contributed by atoms with van der Waals surface area (Å²) in [7, 11) is 0. The van der Waals surface area contributed by atoms with Crippen LogP contribution in [0.15, 0.2) is 4.99 Å². The van der Waals surface area contributed by atoms with E-state index in [1.54, 1.807) is 0 Å². The van der Waals surface area contributed by atoms with Gasteiger partial charge in [-0.25, -0.2) is 0 Å². The van der Waals surface area contributed by atoms with Crippen molar-refractivity contribution >= 4 is 35.8 Å². The zero-order valence-corrected chi connectivity index (χ0v) is 16.8. The zero-order chi connectivity index (χ0) is 15.8. The molecule has 1 amide bonds. The molecule has 0 saturated carbocycles. The third-order valence-corrected chi connectivity index (χ3v) is 3.79. The number of hydrogen-bond acceptors (Lipinski definition) is 3. The Morgan fingerprint density at radius 2 is 2.00 bits per heavy atom. The molecular weight excluding hydrogens is 393 g/mol. The molecule has 0 aromatic heterocycles. The summed E-state index contributed by atoms with van der Waals surface area (Å²) < 4.78 is 0. The predicted molar refractivity (Wildman–Crippen MR) is 103 cm³/mol. The number of rotatable bonds is 6. The highest BCUT2D eigenvalue weighted by Gasteiger charge is 2.31. The van der Waals surface area contributed by atoms with Crippen molar-refractivity contribution < 1.29 is 4.79 Å². The Morgan fingerprint density at radius 3 is 2.50 bits per heavy atom. The van der Waals surface area contributed by atoms with Gasteiger partial charge in [0, 0.05) is 45.2 Å².